The van der Waals surface area contributed by atoms with E-state index in [4.69, 9.17) is 4.74 Å². The van der Waals surface area contributed by atoms with E-state index in [1.165, 1.54) is 4.90 Å². The zero-order valence-electron chi connectivity index (χ0n) is 16.1. The highest BCUT2D eigenvalue weighted by Gasteiger charge is 2.50. The topological polar surface area (TPSA) is 49.8 Å². The summed E-state index contributed by atoms with van der Waals surface area (Å²) in [7, 11) is 0. The second-order valence-corrected chi connectivity index (χ2v) is 7.13. The second kappa shape index (κ2) is 7.17. The van der Waals surface area contributed by atoms with Gasteiger partial charge >= 0.3 is 0 Å². The van der Waals surface area contributed by atoms with Gasteiger partial charge in [0, 0.05) is 22.4 Å². The number of ether oxygens (including phenoxy) is 1. The number of para-hydroxylation sites is 1. The van der Waals surface area contributed by atoms with E-state index >= 15 is 0 Å². The number of anilines is 1. The Bertz CT molecular complexity index is 1190. The normalized spacial score (nSPS) is 17.6. The van der Waals surface area contributed by atoms with E-state index in [1.807, 2.05) is 72.8 Å². The molecule has 0 bridgehead atoms. The minimum atomic E-state index is -1.59. The number of benzene rings is 4. The quantitative estimate of drug-likeness (QED) is 0.510. The molecule has 1 atom stereocenters. The molecule has 4 aromatic rings. The van der Waals surface area contributed by atoms with Gasteiger partial charge in [0.25, 0.3) is 5.91 Å². The van der Waals surface area contributed by atoms with Crippen LogP contribution in [-0.4, -0.2) is 11.0 Å². The van der Waals surface area contributed by atoms with Crippen LogP contribution < -0.4 is 9.64 Å². The Hall–Kier alpha value is -3.89. The number of fused-ring (bicyclic) bond motifs is 1. The number of carbonyl (C=O) groups is 1. The molecular formula is C26H19NO3. The summed E-state index contributed by atoms with van der Waals surface area (Å²) in [6.07, 6.45) is 0. The Labute approximate surface area is 174 Å². The van der Waals surface area contributed by atoms with E-state index < -0.39 is 5.72 Å². The first-order chi connectivity index (χ1) is 14.7. The van der Waals surface area contributed by atoms with Crippen molar-refractivity contribution in [1.82, 2.24) is 0 Å². The van der Waals surface area contributed by atoms with Crippen LogP contribution in [0.15, 0.2) is 109 Å². The third kappa shape index (κ3) is 2.86. The number of hydrogen-bond donors (Lipinski definition) is 1. The van der Waals surface area contributed by atoms with Crippen LogP contribution in [0.3, 0.4) is 0 Å². The molecular weight excluding hydrogens is 374 g/mol. The van der Waals surface area contributed by atoms with Gasteiger partial charge in [-0.05, 0) is 42.5 Å². The van der Waals surface area contributed by atoms with Crippen molar-refractivity contribution in [1.29, 1.82) is 0 Å². The maximum absolute atomic E-state index is 13.3. The Kier molecular flexibility index (Phi) is 4.34. The average molecular weight is 393 g/mol. The Morgan fingerprint density at radius 3 is 1.93 bits per heavy atom. The lowest BCUT2D eigenvalue weighted by atomic mass is 9.93. The molecule has 146 valence electrons. The van der Waals surface area contributed by atoms with Crippen molar-refractivity contribution >= 4 is 11.6 Å². The molecule has 0 radical (unpaired) electrons. The van der Waals surface area contributed by atoms with Gasteiger partial charge in [0.15, 0.2) is 5.72 Å². The van der Waals surface area contributed by atoms with Crippen molar-refractivity contribution < 1.29 is 14.6 Å². The predicted octanol–water partition coefficient (Wildman–Crippen LogP) is 5.33. The van der Waals surface area contributed by atoms with E-state index in [-0.39, 0.29) is 5.91 Å². The van der Waals surface area contributed by atoms with Crippen LogP contribution in [-0.2, 0) is 5.72 Å². The van der Waals surface area contributed by atoms with Crippen LogP contribution in [0.25, 0.3) is 0 Å². The summed E-state index contributed by atoms with van der Waals surface area (Å²) in [4.78, 5) is 14.7. The first kappa shape index (κ1) is 18.2. The zero-order chi connectivity index (χ0) is 20.6. The van der Waals surface area contributed by atoms with Crippen LogP contribution in [0.2, 0.25) is 0 Å². The smallest absolute Gasteiger partial charge is 0.261 e. The molecule has 5 rings (SSSR count). The first-order valence-electron chi connectivity index (χ1n) is 9.73. The van der Waals surface area contributed by atoms with Crippen LogP contribution >= 0.6 is 0 Å². The fourth-order valence-electron chi connectivity index (χ4n) is 3.91. The number of amides is 1. The molecule has 0 saturated heterocycles. The monoisotopic (exact) mass is 393 g/mol. The number of nitrogens with zero attached hydrogens (tertiary/aromatic N) is 1. The van der Waals surface area contributed by atoms with Crippen LogP contribution in [0.4, 0.5) is 5.69 Å². The molecule has 1 heterocycles. The average Bonchev–Trinajstić information content (AvgIpc) is 3.04. The van der Waals surface area contributed by atoms with Gasteiger partial charge < -0.3 is 9.84 Å². The predicted molar refractivity (Wildman–Crippen MR) is 116 cm³/mol. The molecule has 1 amide bonds. The van der Waals surface area contributed by atoms with E-state index in [0.717, 1.165) is 5.75 Å². The molecule has 0 aromatic heterocycles. The van der Waals surface area contributed by atoms with Crippen molar-refractivity contribution in [2.24, 2.45) is 0 Å². The molecule has 4 nitrogen and oxygen atoms in total. The van der Waals surface area contributed by atoms with Gasteiger partial charge in [-0.15, -0.1) is 0 Å². The number of rotatable bonds is 4. The highest BCUT2D eigenvalue weighted by atomic mass is 16.5. The highest BCUT2D eigenvalue weighted by Crippen LogP contribution is 2.45. The molecule has 0 unspecified atom stereocenters. The summed E-state index contributed by atoms with van der Waals surface area (Å²) in [6.45, 7) is 0. The molecule has 1 aliphatic heterocycles. The summed E-state index contributed by atoms with van der Waals surface area (Å²) >= 11 is 0. The molecule has 0 aliphatic carbocycles. The molecule has 30 heavy (non-hydrogen) atoms. The van der Waals surface area contributed by atoms with Gasteiger partial charge in [-0.3, -0.25) is 9.69 Å². The molecule has 0 spiro atoms. The lowest BCUT2D eigenvalue weighted by Gasteiger charge is -2.35. The van der Waals surface area contributed by atoms with Gasteiger partial charge in [0.05, 0.1) is 0 Å². The highest BCUT2D eigenvalue weighted by molar-refractivity contribution is 6.12. The van der Waals surface area contributed by atoms with Crippen LogP contribution in [0.5, 0.6) is 11.5 Å². The largest absolute Gasteiger partial charge is 0.457 e. The van der Waals surface area contributed by atoms with Gasteiger partial charge in [-0.25, -0.2) is 0 Å². The lowest BCUT2D eigenvalue weighted by Crippen LogP contribution is -2.45. The Morgan fingerprint density at radius 1 is 0.667 bits per heavy atom. The van der Waals surface area contributed by atoms with Crippen molar-refractivity contribution in [2.75, 3.05) is 4.90 Å². The summed E-state index contributed by atoms with van der Waals surface area (Å²) in [5, 5.41) is 11.9. The van der Waals surface area contributed by atoms with Crippen LogP contribution in [0, 0.1) is 0 Å². The van der Waals surface area contributed by atoms with Gasteiger partial charge in [0.2, 0.25) is 0 Å². The number of aliphatic hydroxyl groups is 1. The number of carbonyl (C=O) groups excluding carboxylic acids is 1. The molecule has 4 aromatic carbocycles. The summed E-state index contributed by atoms with van der Waals surface area (Å²) in [6, 6.07) is 33.1. The van der Waals surface area contributed by atoms with E-state index in [9.17, 15) is 9.90 Å². The summed E-state index contributed by atoms with van der Waals surface area (Å²) in [5.41, 5.74) is 0.701. The fraction of sp³-hybridized carbons (Fsp3) is 0.0385. The van der Waals surface area contributed by atoms with Gasteiger partial charge in [-0.1, -0.05) is 66.7 Å². The second-order valence-electron chi connectivity index (χ2n) is 7.13. The minimum absolute atomic E-state index is 0.242. The first-order valence-corrected chi connectivity index (χ1v) is 9.73. The summed E-state index contributed by atoms with van der Waals surface area (Å²) < 4.78 is 5.86. The third-order valence-electron chi connectivity index (χ3n) is 5.31. The van der Waals surface area contributed by atoms with Crippen molar-refractivity contribution in [3.8, 4) is 11.5 Å². The fourth-order valence-corrected chi connectivity index (χ4v) is 3.91. The molecule has 0 fully saturated rings. The van der Waals surface area contributed by atoms with Crippen molar-refractivity contribution in [2.45, 2.75) is 5.72 Å². The third-order valence-corrected chi connectivity index (χ3v) is 5.31. The maximum atomic E-state index is 13.3. The van der Waals surface area contributed by atoms with Gasteiger partial charge in [-0.2, -0.15) is 0 Å². The molecule has 1 N–H and O–H groups in total. The van der Waals surface area contributed by atoms with E-state index in [0.29, 0.717) is 28.1 Å². The molecule has 0 saturated carbocycles. The van der Waals surface area contributed by atoms with Crippen LogP contribution in [0.1, 0.15) is 21.5 Å². The van der Waals surface area contributed by atoms with E-state index in [1.54, 1.807) is 36.4 Å². The standard InChI is InChI=1S/C26H19NO3/c28-25-23-13-7-8-14-24(23)26(29,19-9-3-1-4-10-19)27(25)20-15-17-22(18-16-20)30-21-11-5-2-6-12-21/h1-18,29H/t26-/m1/s1. The van der Waals surface area contributed by atoms with E-state index in [2.05, 4.69) is 0 Å². The zero-order valence-corrected chi connectivity index (χ0v) is 16.1. The Balaban J connectivity index is 1.56. The maximum Gasteiger partial charge on any atom is 0.261 e. The lowest BCUT2D eigenvalue weighted by molar-refractivity contribution is 0.0703. The minimum Gasteiger partial charge on any atom is -0.457 e. The van der Waals surface area contributed by atoms with Crippen molar-refractivity contribution in [3.05, 3.63) is 126 Å². The Morgan fingerprint density at radius 2 is 1.23 bits per heavy atom. The molecule has 4 heteroatoms. The number of hydrogen-bond acceptors (Lipinski definition) is 3. The molecule has 1 aliphatic rings. The van der Waals surface area contributed by atoms with Crippen molar-refractivity contribution in [3.63, 3.8) is 0 Å². The summed E-state index contributed by atoms with van der Waals surface area (Å²) in [5.74, 6) is 1.14. The van der Waals surface area contributed by atoms with Gasteiger partial charge in [0.1, 0.15) is 11.5 Å². The SMILES string of the molecule is O=C1c2ccccc2[C@](O)(c2ccccc2)N1c1ccc(Oc2ccccc2)cc1.